The Balaban J connectivity index is 1.72. The van der Waals surface area contributed by atoms with Crippen LogP contribution in [-0.2, 0) is 4.74 Å². The normalized spacial score (nSPS) is 23.2. The van der Waals surface area contributed by atoms with Crippen LogP contribution in [0.5, 0.6) is 0 Å². The predicted molar refractivity (Wildman–Crippen MR) is 82.8 cm³/mol. The lowest BCUT2D eigenvalue weighted by Gasteiger charge is -2.27. The van der Waals surface area contributed by atoms with Gasteiger partial charge in [0.15, 0.2) is 0 Å². The Labute approximate surface area is 130 Å². The maximum Gasteiger partial charge on any atom is 0.274 e. The summed E-state index contributed by atoms with van der Waals surface area (Å²) in [5.74, 6) is 0.706. The van der Waals surface area contributed by atoms with Crippen molar-refractivity contribution in [2.24, 2.45) is 5.73 Å². The fraction of sp³-hybridized carbons (Fsp3) is 0.667. The minimum atomic E-state index is -0.0656. The molecule has 7 heteroatoms. The van der Waals surface area contributed by atoms with Gasteiger partial charge in [-0.3, -0.25) is 9.78 Å². The number of nitrogens with two attached hydrogens (primary N) is 1. The number of hydrogen-bond acceptors (Lipinski definition) is 6. The summed E-state index contributed by atoms with van der Waals surface area (Å²) >= 11 is 0. The number of aromatic nitrogens is 2. The van der Waals surface area contributed by atoms with Crippen LogP contribution in [0.2, 0.25) is 0 Å². The molecule has 1 atom stereocenters. The standard InChI is InChI=1S/C15H23N5O2/c16-12-2-1-4-19(5-3-12)14-11-17-10-13(18-14)15(21)20-6-8-22-9-7-20/h10-12H,1-9,16H2. The first-order valence-electron chi connectivity index (χ1n) is 7.93. The van der Waals surface area contributed by atoms with Crippen molar-refractivity contribution in [3.8, 4) is 0 Å². The molecule has 2 aliphatic heterocycles. The van der Waals surface area contributed by atoms with Gasteiger partial charge in [0, 0.05) is 32.2 Å². The quantitative estimate of drug-likeness (QED) is 0.844. The highest BCUT2D eigenvalue weighted by Crippen LogP contribution is 2.17. The van der Waals surface area contributed by atoms with Crippen molar-refractivity contribution in [3.63, 3.8) is 0 Å². The number of carbonyl (C=O) groups is 1. The van der Waals surface area contributed by atoms with Crippen molar-refractivity contribution in [1.29, 1.82) is 0 Å². The third-order valence-corrected chi connectivity index (χ3v) is 4.24. The van der Waals surface area contributed by atoms with E-state index in [1.165, 1.54) is 0 Å². The van der Waals surface area contributed by atoms with Crippen LogP contribution in [0.25, 0.3) is 0 Å². The zero-order valence-electron chi connectivity index (χ0n) is 12.8. The molecule has 0 bridgehead atoms. The van der Waals surface area contributed by atoms with Crippen LogP contribution < -0.4 is 10.6 Å². The minimum Gasteiger partial charge on any atom is -0.378 e. The maximum absolute atomic E-state index is 12.5. The van der Waals surface area contributed by atoms with E-state index in [0.717, 1.165) is 38.2 Å². The van der Waals surface area contributed by atoms with Gasteiger partial charge in [-0.25, -0.2) is 4.98 Å². The maximum atomic E-state index is 12.5. The molecule has 3 rings (SSSR count). The first kappa shape index (κ1) is 15.2. The SMILES string of the molecule is NC1CCCN(c2cncc(C(=O)N3CCOCC3)n2)CC1. The van der Waals surface area contributed by atoms with Crippen molar-refractivity contribution >= 4 is 11.7 Å². The Morgan fingerprint density at radius 1 is 1.18 bits per heavy atom. The van der Waals surface area contributed by atoms with Gasteiger partial charge in [-0.1, -0.05) is 0 Å². The zero-order valence-corrected chi connectivity index (χ0v) is 12.8. The lowest BCUT2D eigenvalue weighted by Crippen LogP contribution is -2.41. The van der Waals surface area contributed by atoms with E-state index in [1.807, 2.05) is 0 Å². The fourth-order valence-electron chi connectivity index (χ4n) is 2.89. The third-order valence-electron chi connectivity index (χ3n) is 4.24. The van der Waals surface area contributed by atoms with E-state index in [0.29, 0.717) is 32.0 Å². The number of hydrogen-bond donors (Lipinski definition) is 1. The molecule has 2 fully saturated rings. The first-order valence-corrected chi connectivity index (χ1v) is 7.93. The van der Waals surface area contributed by atoms with E-state index < -0.39 is 0 Å². The fourth-order valence-corrected chi connectivity index (χ4v) is 2.89. The topological polar surface area (TPSA) is 84.6 Å². The number of ether oxygens (including phenoxy) is 1. The number of morpholine rings is 1. The molecule has 0 aliphatic carbocycles. The second-order valence-corrected chi connectivity index (χ2v) is 5.85. The molecule has 0 aromatic carbocycles. The summed E-state index contributed by atoms with van der Waals surface area (Å²) in [6.07, 6.45) is 6.31. The zero-order chi connectivity index (χ0) is 15.4. The number of amides is 1. The molecular weight excluding hydrogens is 282 g/mol. The van der Waals surface area contributed by atoms with Gasteiger partial charge in [-0.2, -0.15) is 0 Å². The van der Waals surface area contributed by atoms with Crippen molar-refractivity contribution in [3.05, 3.63) is 18.1 Å². The van der Waals surface area contributed by atoms with Gasteiger partial charge < -0.3 is 20.3 Å². The van der Waals surface area contributed by atoms with Crippen LogP contribution in [0.1, 0.15) is 29.8 Å². The molecule has 0 spiro atoms. The molecule has 22 heavy (non-hydrogen) atoms. The monoisotopic (exact) mass is 305 g/mol. The van der Waals surface area contributed by atoms with Crippen molar-refractivity contribution in [2.45, 2.75) is 25.3 Å². The van der Waals surface area contributed by atoms with Gasteiger partial charge in [-0.15, -0.1) is 0 Å². The summed E-state index contributed by atoms with van der Waals surface area (Å²) in [6, 6.07) is 0.260. The number of rotatable bonds is 2. The summed E-state index contributed by atoms with van der Waals surface area (Å²) in [7, 11) is 0. The molecule has 120 valence electrons. The minimum absolute atomic E-state index is 0.0656. The lowest BCUT2D eigenvalue weighted by molar-refractivity contribution is 0.0299. The van der Waals surface area contributed by atoms with E-state index in [-0.39, 0.29) is 11.9 Å². The molecule has 3 heterocycles. The first-order chi connectivity index (χ1) is 10.7. The summed E-state index contributed by atoms with van der Waals surface area (Å²) < 4.78 is 5.28. The molecule has 1 amide bonds. The number of anilines is 1. The predicted octanol–water partition coefficient (Wildman–Crippen LogP) is 0.267. The van der Waals surface area contributed by atoms with E-state index in [9.17, 15) is 4.79 Å². The van der Waals surface area contributed by atoms with Gasteiger partial charge in [0.25, 0.3) is 5.91 Å². The Morgan fingerprint density at radius 3 is 2.82 bits per heavy atom. The molecule has 2 N–H and O–H groups in total. The smallest absolute Gasteiger partial charge is 0.274 e. The molecule has 0 radical (unpaired) electrons. The molecule has 7 nitrogen and oxygen atoms in total. The Morgan fingerprint density at radius 2 is 2.00 bits per heavy atom. The molecule has 2 saturated heterocycles. The van der Waals surface area contributed by atoms with E-state index in [4.69, 9.17) is 10.5 Å². The summed E-state index contributed by atoms with van der Waals surface area (Å²) in [5.41, 5.74) is 6.43. The van der Waals surface area contributed by atoms with Crippen LogP contribution in [0.4, 0.5) is 5.82 Å². The Hall–Kier alpha value is -1.73. The Bertz CT molecular complexity index is 518. The average Bonchev–Trinajstić information content (AvgIpc) is 2.80. The second-order valence-electron chi connectivity index (χ2n) is 5.85. The van der Waals surface area contributed by atoms with Gasteiger partial charge in [0.05, 0.1) is 25.6 Å². The molecular formula is C15H23N5O2. The van der Waals surface area contributed by atoms with Gasteiger partial charge in [0.2, 0.25) is 0 Å². The van der Waals surface area contributed by atoms with Crippen LogP contribution in [-0.4, -0.2) is 66.2 Å². The molecule has 1 aromatic heterocycles. The number of nitrogens with zero attached hydrogens (tertiary/aromatic N) is 4. The highest BCUT2D eigenvalue weighted by atomic mass is 16.5. The van der Waals surface area contributed by atoms with Gasteiger partial charge in [0.1, 0.15) is 11.5 Å². The molecule has 0 saturated carbocycles. The van der Waals surface area contributed by atoms with Crippen molar-refractivity contribution in [2.75, 3.05) is 44.3 Å². The highest BCUT2D eigenvalue weighted by Gasteiger charge is 2.22. The molecule has 2 aliphatic rings. The molecule has 1 aromatic rings. The lowest BCUT2D eigenvalue weighted by atomic mass is 10.1. The van der Waals surface area contributed by atoms with Crippen LogP contribution in [0.15, 0.2) is 12.4 Å². The van der Waals surface area contributed by atoms with Crippen LogP contribution in [0, 0.1) is 0 Å². The summed E-state index contributed by atoms with van der Waals surface area (Å²) in [4.78, 5) is 25.2. The van der Waals surface area contributed by atoms with Crippen molar-refractivity contribution in [1.82, 2.24) is 14.9 Å². The van der Waals surface area contributed by atoms with E-state index >= 15 is 0 Å². The summed E-state index contributed by atoms with van der Waals surface area (Å²) in [6.45, 7) is 4.18. The van der Waals surface area contributed by atoms with E-state index in [2.05, 4.69) is 14.9 Å². The highest BCUT2D eigenvalue weighted by molar-refractivity contribution is 5.92. The average molecular weight is 305 g/mol. The van der Waals surface area contributed by atoms with Gasteiger partial charge in [-0.05, 0) is 19.3 Å². The third kappa shape index (κ3) is 3.53. The van der Waals surface area contributed by atoms with Gasteiger partial charge >= 0.3 is 0 Å². The second kappa shape index (κ2) is 7.02. The number of carbonyl (C=O) groups excluding carboxylic acids is 1. The van der Waals surface area contributed by atoms with E-state index in [1.54, 1.807) is 17.3 Å². The van der Waals surface area contributed by atoms with Crippen LogP contribution in [0.3, 0.4) is 0 Å². The van der Waals surface area contributed by atoms with Crippen LogP contribution >= 0.6 is 0 Å². The van der Waals surface area contributed by atoms with Crippen molar-refractivity contribution < 1.29 is 9.53 Å². The summed E-state index contributed by atoms with van der Waals surface area (Å²) in [5, 5.41) is 0. The largest absolute Gasteiger partial charge is 0.378 e. The molecule has 1 unspecified atom stereocenters. The Kier molecular flexibility index (Phi) is 4.84.